The molecule has 0 bridgehead atoms. The van der Waals surface area contributed by atoms with Crippen LogP contribution in [-0.2, 0) is 24.3 Å². The lowest BCUT2D eigenvalue weighted by molar-refractivity contribution is -0.117. The van der Waals surface area contributed by atoms with Gasteiger partial charge < -0.3 is 14.5 Å². The zero-order valence-corrected chi connectivity index (χ0v) is 20.7. The highest BCUT2D eigenvalue weighted by Gasteiger charge is 2.16. The van der Waals surface area contributed by atoms with Crippen LogP contribution in [0.4, 0.5) is 11.6 Å². The van der Waals surface area contributed by atoms with E-state index < -0.39 is 11.4 Å². The number of aryl methyl sites for hydroxylation is 2. The van der Waals surface area contributed by atoms with Crippen molar-refractivity contribution < 1.29 is 9.21 Å². The van der Waals surface area contributed by atoms with Gasteiger partial charge in [0, 0.05) is 35.5 Å². The van der Waals surface area contributed by atoms with E-state index in [2.05, 4.69) is 10.3 Å². The molecule has 9 heteroatoms. The number of Topliss-reactive ketones (excluding diaryl/α,β-unsaturated/α-hetero) is 1. The Morgan fingerprint density at radius 3 is 2.54 bits per heavy atom. The second kappa shape index (κ2) is 10.3. The first-order chi connectivity index (χ1) is 16.8. The zero-order chi connectivity index (χ0) is 25.1. The molecule has 8 nitrogen and oxygen atoms in total. The summed E-state index contributed by atoms with van der Waals surface area (Å²) >= 11 is 6.01. The van der Waals surface area contributed by atoms with Crippen molar-refractivity contribution in [2.75, 3.05) is 5.32 Å². The van der Waals surface area contributed by atoms with E-state index in [1.165, 1.54) is 11.5 Å². The summed E-state index contributed by atoms with van der Waals surface area (Å²) in [6.45, 7) is 5.82. The van der Waals surface area contributed by atoms with Crippen molar-refractivity contribution in [3.05, 3.63) is 85.3 Å². The molecule has 0 radical (unpaired) electrons. The summed E-state index contributed by atoms with van der Waals surface area (Å²) in [5, 5.41) is 4.69. The van der Waals surface area contributed by atoms with Crippen LogP contribution in [0.1, 0.15) is 43.6 Å². The van der Waals surface area contributed by atoms with Crippen molar-refractivity contribution in [2.24, 2.45) is 0 Å². The largest absolute Gasteiger partial charge is 0.461 e. The molecule has 0 unspecified atom stereocenters. The quantitative estimate of drug-likeness (QED) is 0.357. The molecule has 0 aliphatic carbocycles. The molecule has 0 amide bonds. The molecule has 2 aromatic heterocycles. The van der Waals surface area contributed by atoms with Crippen LogP contribution in [0, 0.1) is 6.92 Å². The fourth-order valence-electron chi connectivity index (χ4n) is 4.03. The fraction of sp³-hybridized carbons (Fsp3) is 0.308. The molecule has 0 saturated heterocycles. The van der Waals surface area contributed by atoms with E-state index in [1.807, 2.05) is 44.2 Å². The lowest BCUT2D eigenvalue weighted by Gasteiger charge is -2.16. The van der Waals surface area contributed by atoms with E-state index in [1.54, 1.807) is 12.1 Å². The number of nitrogens with one attached hydrogen (secondary N) is 1. The minimum absolute atomic E-state index is 0.00180. The molecule has 2 aromatic carbocycles. The summed E-state index contributed by atoms with van der Waals surface area (Å²) in [4.78, 5) is 41.7. The van der Waals surface area contributed by atoms with Crippen LogP contribution in [0.5, 0.6) is 0 Å². The van der Waals surface area contributed by atoms with Gasteiger partial charge in [-0.25, -0.2) is 14.2 Å². The summed E-state index contributed by atoms with van der Waals surface area (Å²) in [5.74, 6) is 1.05. The maximum atomic E-state index is 13.4. The lowest BCUT2D eigenvalue weighted by atomic mass is 10.1. The van der Waals surface area contributed by atoms with Gasteiger partial charge in [-0.1, -0.05) is 30.7 Å². The molecule has 0 saturated carbocycles. The van der Waals surface area contributed by atoms with Gasteiger partial charge >= 0.3 is 11.4 Å². The van der Waals surface area contributed by atoms with Gasteiger partial charge in [-0.2, -0.15) is 4.98 Å². The van der Waals surface area contributed by atoms with Crippen LogP contribution in [-0.4, -0.2) is 19.9 Å². The van der Waals surface area contributed by atoms with Gasteiger partial charge in [0.1, 0.15) is 17.1 Å². The highest BCUT2D eigenvalue weighted by molar-refractivity contribution is 6.30. The zero-order valence-electron chi connectivity index (χ0n) is 19.9. The van der Waals surface area contributed by atoms with Gasteiger partial charge in [0.05, 0.1) is 6.54 Å². The number of rotatable bonds is 9. The van der Waals surface area contributed by atoms with E-state index in [0.717, 1.165) is 38.8 Å². The third-order valence-electron chi connectivity index (χ3n) is 5.93. The average molecular weight is 495 g/mol. The van der Waals surface area contributed by atoms with Crippen molar-refractivity contribution in [1.29, 1.82) is 0 Å². The summed E-state index contributed by atoms with van der Waals surface area (Å²) < 4.78 is 8.38. The molecular weight excluding hydrogens is 468 g/mol. The van der Waals surface area contributed by atoms with Crippen LogP contribution in [0.15, 0.2) is 56.5 Å². The van der Waals surface area contributed by atoms with Crippen molar-refractivity contribution >= 4 is 40.0 Å². The normalized spacial score (nSPS) is 11.2. The summed E-state index contributed by atoms with van der Waals surface area (Å²) in [6, 6.07) is 12.7. The number of fused-ring (bicyclic) bond motifs is 1. The molecule has 4 rings (SSSR count). The smallest absolute Gasteiger partial charge is 0.354 e. The number of ketones is 1. The molecular formula is C26H27ClN4O4. The van der Waals surface area contributed by atoms with Crippen molar-refractivity contribution in [2.45, 2.75) is 53.1 Å². The molecule has 2 heterocycles. The highest BCUT2D eigenvalue weighted by Crippen LogP contribution is 2.29. The van der Waals surface area contributed by atoms with Gasteiger partial charge in [0.25, 0.3) is 0 Å². The number of anilines is 2. The Morgan fingerprint density at radius 1 is 1.11 bits per heavy atom. The van der Waals surface area contributed by atoms with E-state index in [4.69, 9.17) is 16.0 Å². The number of furan rings is 1. The summed E-state index contributed by atoms with van der Waals surface area (Å²) in [5.41, 5.74) is 2.16. The third kappa shape index (κ3) is 5.38. The van der Waals surface area contributed by atoms with Crippen LogP contribution in [0.3, 0.4) is 0 Å². The van der Waals surface area contributed by atoms with Gasteiger partial charge in [0.2, 0.25) is 5.95 Å². The van der Waals surface area contributed by atoms with Gasteiger partial charge in [-0.15, -0.1) is 0 Å². The molecule has 0 spiro atoms. The van der Waals surface area contributed by atoms with Crippen LogP contribution >= 0.6 is 11.6 Å². The topological polar surface area (TPSA) is 99.1 Å². The second-order valence-corrected chi connectivity index (χ2v) is 8.95. The molecule has 0 atom stereocenters. The fourth-order valence-corrected chi connectivity index (χ4v) is 4.16. The molecule has 0 aliphatic rings. The molecule has 1 N–H and O–H groups in total. The maximum Gasteiger partial charge on any atom is 0.354 e. The Hall–Kier alpha value is -3.65. The minimum atomic E-state index is -0.665. The van der Waals surface area contributed by atoms with E-state index in [0.29, 0.717) is 17.1 Å². The first-order valence-electron chi connectivity index (χ1n) is 11.5. The highest BCUT2D eigenvalue weighted by atomic mass is 35.5. The van der Waals surface area contributed by atoms with Crippen molar-refractivity contribution in [1.82, 2.24) is 14.1 Å². The first-order valence-corrected chi connectivity index (χ1v) is 11.9. The first kappa shape index (κ1) is 24.5. The average Bonchev–Trinajstić information content (AvgIpc) is 3.14. The molecule has 4 aromatic rings. The van der Waals surface area contributed by atoms with Crippen LogP contribution in [0.25, 0.3) is 11.0 Å². The number of benzene rings is 2. The number of halogens is 1. The predicted octanol–water partition coefficient (Wildman–Crippen LogP) is 4.84. The molecule has 182 valence electrons. The molecule has 35 heavy (non-hydrogen) atoms. The van der Waals surface area contributed by atoms with Crippen molar-refractivity contribution in [3.63, 3.8) is 0 Å². The second-order valence-electron chi connectivity index (χ2n) is 8.51. The monoisotopic (exact) mass is 494 g/mol. The number of hydrogen-bond donors (Lipinski definition) is 1. The summed E-state index contributed by atoms with van der Waals surface area (Å²) in [7, 11) is 0. The lowest BCUT2D eigenvalue weighted by Crippen LogP contribution is -2.42. The number of carbonyl (C=O) groups is 1. The Bertz CT molecular complexity index is 1500. The van der Waals surface area contributed by atoms with E-state index in [9.17, 15) is 14.4 Å². The number of carbonyl (C=O) groups excluding carboxylic acids is 1. The molecule has 0 fully saturated rings. The van der Waals surface area contributed by atoms with Gasteiger partial charge in [-0.05, 0) is 61.7 Å². The third-order valence-corrected chi connectivity index (χ3v) is 6.18. The van der Waals surface area contributed by atoms with Gasteiger partial charge in [0.15, 0.2) is 0 Å². The Kier molecular flexibility index (Phi) is 7.21. The van der Waals surface area contributed by atoms with Crippen LogP contribution < -0.4 is 16.7 Å². The van der Waals surface area contributed by atoms with E-state index >= 15 is 0 Å². The number of nitrogens with zero attached hydrogens (tertiary/aromatic N) is 3. The standard InChI is InChI=1S/C26H27ClN4O4/c1-4-22-17(3)21-14-20(11-12-23(21)35-22)28-24-29-25(33)30(13-5-6-16(2)32)26(34)31(24)15-18-7-9-19(27)10-8-18/h7-12,14H,4-6,13,15H2,1-3H3,(H,28,29,33). The van der Waals surface area contributed by atoms with Crippen LogP contribution in [0.2, 0.25) is 5.02 Å². The Labute approximate surface area is 207 Å². The Morgan fingerprint density at radius 2 is 1.86 bits per heavy atom. The SMILES string of the molecule is CCc1oc2ccc(Nc3nc(=O)n(CCCC(C)=O)c(=O)n3Cc3ccc(Cl)cc3)cc2c1C. The molecule has 0 aliphatic heterocycles. The minimum Gasteiger partial charge on any atom is -0.461 e. The summed E-state index contributed by atoms with van der Waals surface area (Å²) in [6.07, 6.45) is 1.45. The van der Waals surface area contributed by atoms with E-state index in [-0.39, 0.29) is 31.2 Å². The Balaban J connectivity index is 1.75. The predicted molar refractivity (Wildman–Crippen MR) is 137 cm³/mol. The number of hydrogen-bond acceptors (Lipinski definition) is 6. The maximum absolute atomic E-state index is 13.4. The van der Waals surface area contributed by atoms with Crippen molar-refractivity contribution in [3.8, 4) is 0 Å². The number of aromatic nitrogens is 3. The van der Waals surface area contributed by atoms with Gasteiger partial charge in [-0.3, -0.25) is 4.57 Å².